The number of fused-ring (bicyclic) bond motifs is 1. The van der Waals surface area contributed by atoms with E-state index in [2.05, 4.69) is 10.3 Å². The quantitative estimate of drug-likeness (QED) is 0.542. The van der Waals surface area contributed by atoms with Gasteiger partial charge >= 0.3 is 5.97 Å². The number of rotatable bonds is 6. The lowest BCUT2D eigenvalue weighted by Gasteiger charge is -2.25. The molecule has 0 aliphatic rings. The molecule has 2 aromatic rings. The van der Waals surface area contributed by atoms with Gasteiger partial charge in [-0.05, 0) is 13.0 Å². The van der Waals surface area contributed by atoms with Gasteiger partial charge in [0.15, 0.2) is 5.54 Å². The second kappa shape index (κ2) is 6.05. The molecule has 0 radical (unpaired) electrons. The number of carboxylic acid groups (broad SMARTS) is 1. The first-order valence-electron chi connectivity index (χ1n) is 6.59. The maximum Gasteiger partial charge on any atom is 0.331 e. The Morgan fingerprint density at radius 3 is 2.74 bits per heavy atom. The molecule has 0 aliphatic heterocycles. The molecule has 0 spiro atoms. The van der Waals surface area contributed by atoms with Crippen LogP contribution in [-0.4, -0.2) is 46.1 Å². The number of hydrogen-bond donors (Lipinski definition) is 3. The highest BCUT2D eigenvalue weighted by molar-refractivity contribution is 6.08. The number of non-ortho nitro benzene ring substituents is 1. The second-order valence-electron chi connectivity index (χ2n) is 5.21. The second-order valence-corrected chi connectivity index (χ2v) is 5.21. The van der Waals surface area contributed by atoms with E-state index in [1.54, 1.807) is 0 Å². The Morgan fingerprint density at radius 1 is 1.48 bits per heavy atom. The average Bonchev–Trinajstić information content (AvgIpc) is 2.90. The van der Waals surface area contributed by atoms with Gasteiger partial charge in [-0.15, -0.1) is 0 Å². The predicted octanol–water partition coefficient (Wildman–Crippen LogP) is 1.30. The summed E-state index contributed by atoms with van der Waals surface area (Å²) in [5, 5.41) is 22.8. The van der Waals surface area contributed by atoms with Crippen molar-refractivity contribution < 1.29 is 24.4 Å². The molecule has 1 aromatic heterocycles. The van der Waals surface area contributed by atoms with Crippen LogP contribution in [0.5, 0.6) is 0 Å². The normalized spacial score (nSPS) is 13.5. The van der Waals surface area contributed by atoms with Gasteiger partial charge in [0.2, 0.25) is 0 Å². The molecule has 0 bridgehead atoms. The van der Waals surface area contributed by atoms with Gasteiger partial charge in [0.25, 0.3) is 11.6 Å². The molecular formula is C14H15N3O6. The number of carbonyl (C=O) groups excluding carboxylic acids is 1. The molecule has 23 heavy (non-hydrogen) atoms. The molecule has 1 heterocycles. The van der Waals surface area contributed by atoms with Gasteiger partial charge in [0.05, 0.1) is 17.1 Å². The van der Waals surface area contributed by atoms with Crippen LogP contribution in [-0.2, 0) is 9.53 Å². The van der Waals surface area contributed by atoms with E-state index in [4.69, 9.17) is 4.74 Å². The van der Waals surface area contributed by atoms with Crippen LogP contribution < -0.4 is 5.32 Å². The van der Waals surface area contributed by atoms with Gasteiger partial charge in [0.1, 0.15) is 0 Å². The van der Waals surface area contributed by atoms with Gasteiger partial charge in [-0.25, -0.2) is 4.79 Å². The number of methoxy groups -OCH3 is 1. The van der Waals surface area contributed by atoms with Crippen molar-refractivity contribution in [3.05, 3.63) is 40.1 Å². The van der Waals surface area contributed by atoms with Gasteiger partial charge in [0, 0.05) is 36.3 Å². The Hall–Kier alpha value is -2.94. The van der Waals surface area contributed by atoms with Crippen molar-refractivity contribution in [2.45, 2.75) is 12.5 Å². The molecule has 0 fully saturated rings. The van der Waals surface area contributed by atoms with Crippen molar-refractivity contribution in [2.24, 2.45) is 0 Å². The van der Waals surface area contributed by atoms with Crippen molar-refractivity contribution >= 4 is 28.5 Å². The summed E-state index contributed by atoms with van der Waals surface area (Å²) >= 11 is 0. The lowest BCUT2D eigenvalue weighted by Crippen LogP contribution is -2.55. The molecule has 1 aromatic carbocycles. The maximum absolute atomic E-state index is 12.4. The summed E-state index contributed by atoms with van der Waals surface area (Å²) in [5.74, 6) is -1.92. The molecule has 1 unspecified atom stereocenters. The Morgan fingerprint density at radius 2 is 2.17 bits per heavy atom. The lowest BCUT2D eigenvalue weighted by molar-refractivity contribution is -0.384. The summed E-state index contributed by atoms with van der Waals surface area (Å²) in [7, 11) is 1.32. The number of hydrogen-bond acceptors (Lipinski definition) is 5. The molecule has 0 aliphatic carbocycles. The van der Waals surface area contributed by atoms with Crippen LogP contribution in [0.4, 0.5) is 5.69 Å². The van der Waals surface area contributed by atoms with Crippen LogP contribution >= 0.6 is 0 Å². The summed E-state index contributed by atoms with van der Waals surface area (Å²) in [6.45, 7) is 1.09. The number of benzene rings is 1. The first-order chi connectivity index (χ1) is 10.8. The third-order valence-corrected chi connectivity index (χ3v) is 3.42. The van der Waals surface area contributed by atoms with Crippen molar-refractivity contribution in [1.82, 2.24) is 10.3 Å². The molecule has 2 rings (SSSR count). The van der Waals surface area contributed by atoms with Crippen LogP contribution in [0.2, 0.25) is 0 Å². The fourth-order valence-corrected chi connectivity index (χ4v) is 2.17. The minimum Gasteiger partial charge on any atom is -0.479 e. The number of nitro benzene ring substituents is 1. The Balaban J connectivity index is 2.39. The molecular weight excluding hydrogens is 306 g/mol. The van der Waals surface area contributed by atoms with Gasteiger partial charge in [-0.3, -0.25) is 14.9 Å². The summed E-state index contributed by atoms with van der Waals surface area (Å²) in [4.78, 5) is 36.8. The van der Waals surface area contributed by atoms with E-state index in [1.165, 1.54) is 38.4 Å². The Labute approximate surface area is 130 Å². The first kappa shape index (κ1) is 16.4. The zero-order valence-corrected chi connectivity index (χ0v) is 12.5. The molecule has 3 N–H and O–H groups in total. The number of nitrogens with zero attached hydrogens (tertiary/aromatic N) is 1. The topological polar surface area (TPSA) is 135 Å². The number of carboxylic acids is 1. The minimum absolute atomic E-state index is 0.118. The number of ether oxygens (including phenoxy) is 1. The highest BCUT2D eigenvalue weighted by Crippen LogP contribution is 2.24. The molecule has 0 saturated heterocycles. The van der Waals surface area contributed by atoms with Crippen LogP contribution in [0.3, 0.4) is 0 Å². The number of H-pyrrole nitrogens is 1. The molecule has 1 amide bonds. The number of amides is 1. The summed E-state index contributed by atoms with van der Waals surface area (Å²) < 4.78 is 4.83. The number of nitrogens with one attached hydrogen (secondary N) is 2. The molecule has 1 atom stereocenters. The van der Waals surface area contributed by atoms with Crippen molar-refractivity contribution in [3.8, 4) is 0 Å². The third-order valence-electron chi connectivity index (χ3n) is 3.42. The van der Waals surface area contributed by atoms with Gasteiger partial charge in [-0.2, -0.15) is 0 Å². The first-order valence-corrected chi connectivity index (χ1v) is 6.59. The zero-order valence-electron chi connectivity index (χ0n) is 12.5. The Kier molecular flexibility index (Phi) is 4.32. The van der Waals surface area contributed by atoms with E-state index in [1.807, 2.05) is 0 Å². The zero-order chi connectivity index (χ0) is 17.2. The number of aliphatic carboxylic acids is 1. The lowest BCUT2D eigenvalue weighted by atomic mass is 10.0. The number of carbonyl (C=O) groups is 2. The van der Waals surface area contributed by atoms with E-state index in [-0.39, 0.29) is 17.9 Å². The molecule has 122 valence electrons. The summed E-state index contributed by atoms with van der Waals surface area (Å²) in [6.07, 6.45) is 1.37. The van der Waals surface area contributed by atoms with Crippen LogP contribution in [0.25, 0.3) is 10.9 Å². The standard InChI is InChI=1S/C14H15N3O6/c1-14(7-23-2,13(19)20)16-12(18)10-6-15-11-4-3-8(17(21)22)5-9(10)11/h3-6,15H,7H2,1-2H3,(H,16,18)(H,19,20). The summed E-state index contributed by atoms with van der Waals surface area (Å²) in [6, 6.07) is 4.05. The smallest absolute Gasteiger partial charge is 0.331 e. The average molecular weight is 321 g/mol. The van der Waals surface area contributed by atoms with Crippen LogP contribution in [0.1, 0.15) is 17.3 Å². The predicted molar refractivity (Wildman–Crippen MR) is 80.3 cm³/mol. The molecule has 9 heteroatoms. The fourth-order valence-electron chi connectivity index (χ4n) is 2.17. The fraction of sp³-hybridized carbons (Fsp3) is 0.286. The number of nitro groups is 1. The largest absolute Gasteiger partial charge is 0.479 e. The van der Waals surface area contributed by atoms with Crippen LogP contribution in [0, 0.1) is 10.1 Å². The van der Waals surface area contributed by atoms with Crippen molar-refractivity contribution in [2.75, 3.05) is 13.7 Å². The number of aromatic nitrogens is 1. The maximum atomic E-state index is 12.4. The monoisotopic (exact) mass is 321 g/mol. The third kappa shape index (κ3) is 3.14. The van der Waals surface area contributed by atoms with E-state index in [0.29, 0.717) is 10.9 Å². The van der Waals surface area contributed by atoms with E-state index in [0.717, 1.165) is 0 Å². The Bertz CT molecular complexity index is 784. The van der Waals surface area contributed by atoms with Crippen molar-refractivity contribution in [1.29, 1.82) is 0 Å². The minimum atomic E-state index is -1.61. The van der Waals surface area contributed by atoms with E-state index < -0.39 is 22.3 Å². The summed E-state index contributed by atoms with van der Waals surface area (Å²) in [5.41, 5.74) is -1.13. The SMILES string of the molecule is COCC(C)(NC(=O)c1c[nH]c2ccc([N+](=O)[O-])cc12)C(=O)O. The van der Waals surface area contributed by atoms with Crippen molar-refractivity contribution in [3.63, 3.8) is 0 Å². The van der Waals surface area contributed by atoms with E-state index >= 15 is 0 Å². The van der Waals surface area contributed by atoms with Gasteiger partial charge < -0.3 is 20.1 Å². The molecule has 9 nitrogen and oxygen atoms in total. The highest BCUT2D eigenvalue weighted by atomic mass is 16.6. The van der Waals surface area contributed by atoms with Crippen LogP contribution in [0.15, 0.2) is 24.4 Å². The van der Waals surface area contributed by atoms with Gasteiger partial charge in [-0.1, -0.05) is 0 Å². The highest BCUT2D eigenvalue weighted by Gasteiger charge is 2.35. The molecule has 0 saturated carbocycles. The number of aromatic amines is 1. The van der Waals surface area contributed by atoms with E-state index in [9.17, 15) is 24.8 Å².